The summed E-state index contributed by atoms with van der Waals surface area (Å²) in [5.74, 6) is -0.494. The Morgan fingerprint density at radius 1 is 0.403 bits per heavy atom. The Bertz CT molecular complexity index is 1060. The Balaban J connectivity index is 3.46. The van der Waals surface area contributed by atoms with Gasteiger partial charge in [-0.1, -0.05) is 296 Å². The predicted molar refractivity (Wildman–Crippen MR) is 285 cm³/mol. The highest BCUT2D eigenvalue weighted by molar-refractivity contribution is 7.47. The molecule has 0 fully saturated rings. The molecule has 10 heteroatoms. The number of hydrogen-bond acceptors (Lipinski definition) is 7. The van der Waals surface area contributed by atoms with Crippen LogP contribution in [-0.2, 0) is 27.9 Å². The molecule has 0 aliphatic carbocycles. The molecule has 0 heterocycles. The first-order valence-electron chi connectivity index (χ1n) is 29.5. The molecule has 0 aromatic carbocycles. The molecule has 0 aromatic rings. The van der Waals surface area contributed by atoms with Crippen LogP contribution in [-0.4, -0.2) is 54.3 Å². The first-order valence-corrected chi connectivity index (χ1v) is 31.0. The molecule has 3 N–H and O–H groups in total. The van der Waals surface area contributed by atoms with Crippen LogP contribution >= 0.6 is 7.82 Å². The van der Waals surface area contributed by atoms with Crippen LogP contribution in [0.1, 0.15) is 322 Å². The van der Waals surface area contributed by atoms with Crippen LogP contribution < -0.4 is 5.32 Å². The highest BCUT2D eigenvalue weighted by Gasteiger charge is 2.23. The van der Waals surface area contributed by atoms with Gasteiger partial charge in [-0.25, -0.2) is 4.57 Å². The van der Waals surface area contributed by atoms with Gasteiger partial charge in [-0.05, 0) is 12.8 Å². The molecule has 0 bridgehead atoms. The van der Waals surface area contributed by atoms with Gasteiger partial charge in [0.05, 0.1) is 13.2 Å². The smallest absolute Gasteiger partial charge is 0.463 e. The summed E-state index contributed by atoms with van der Waals surface area (Å²) in [5, 5.41) is 12.8. The number of esters is 1. The van der Waals surface area contributed by atoms with Crippen molar-refractivity contribution < 1.29 is 37.9 Å². The first-order chi connectivity index (χ1) is 32.8. The van der Waals surface area contributed by atoms with E-state index in [9.17, 15) is 24.2 Å². The van der Waals surface area contributed by atoms with E-state index >= 15 is 0 Å². The lowest BCUT2D eigenvalue weighted by molar-refractivity contribution is -0.147. The molecule has 0 saturated heterocycles. The summed E-state index contributed by atoms with van der Waals surface area (Å²) in [7, 11) is -4.42. The van der Waals surface area contributed by atoms with Crippen molar-refractivity contribution in [3.8, 4) is 0 Å². The third-order valence-electron chi connectivity index (χ3n) is 13.5. The van der Waals surface area contributed by atoms with Crippen LogP contribution in [0, 0.1) is 0 Å². The lowest BCUT2D eigenvalue weighted by Gasteiger charge is -2.15. The van der Waals surface area contributed by atoms with Gasteiger partial charge >= 0.3 is 13.8 Å². The Morgan fingerprint density at radius 2 is 0.672 bits per heavy atom. The maximum Gasteiger partial charge on any atom is 0.472 e. The zero-order chi connectivity index (χ0) is 48.8. The molecule has 0 aromatic heterocycles. The fourth-order valence-electron chi connectivity index (χ4n) is 9.09. The predicted octanol–water partition coefficient (Wildman–Crippen LogP) is 17.9. The number of unbranched alkanes of at least 4 members (excludes halogenated alkanes) is 44. The third kappa shape index (κ3) is 55.8. The monoisotopic (exact) mass is 972 g/mol. The molecule has 2 atom stereocenters. The summed E-state index contributed by atoms with van der Waals surface area (Å²) in [4.78, 5) is 34.2. The fourth-order valence-corrected chi connectivity index (χ4v) is 9.85. The van der Waals surface area contributed by atoms with Gasteiger partial charge in [-0.3, -0.25) is 18.6 Å². The van der Waals surface area contributed by atoms with E-state index in [1.54, 1.807) is 0 Å². The van der Waals surface area contributed by atoms with Crippen LogP contribution in [0.15, 0.2) is 0 Å². The van der Waals surface area contributed by atoms with Gasteiger partial charge in [0.25, 0.3) is 0 Å². The van der Waals surface area contributed by atoms with E-state index in [-0.39, 0.29) is 25.7 Å². The fraction of sp³-hybridized carbons (Fsp3) is 0.965. The van der Waals surface area contributed by atoms with E-state index in [1.807, 2.05) is 0 Å². The molecule has 0 aliphatic heterocycles. The zero-order valence-corrected chi connectivity index (χ0v) is 45.5. The molecule has 67 heavy (non-hydrogen) atoms. The number of amides is 1. The summed E-state index contributed by atoms with van der Waals surface area (Å²) in [6.07, 6.45) is 60.7. The average Bonchev–Trinajstić information content (AvgIpc) is 3.32. The molecule has 0 rings (SSSR count). The molecule has 400 valence electrons. The van der Waals surface area contributed by atoms with E-state index < -0.39 is 26.5 Å². The highest BCUT2D eigenvalue weighted by atomic mass is 31.2. The minimum atomic E-state index is -4.42. The van der Waals surface area contributed by atoms with Crippen molar-refractivity contribution in [2.45, 2.75) is 328 Å². The SMILES string of the molecule is CCCCCCCCCCCCCCCCCCCCCCCCCC(=O)NCCOP(=O)(O)OCC(O)COC(=O)CCCCCCCCCCCCCCCCCCCCCCCCC. The van der Waals surface area contributed by atoms with E-state index in [1.165, 1.54) is 257 Å². The number of hydrogen-bond donors (Lipinski definition) is 3. The van der Waals surface area contributed by atoms with E-state index in [4.69, 9.17) is 13.8 Å². The number of aliphatic hydroxyl groups is 1. The number of carbonyl (C=O) groups is 2. The zero-order valence-electron chi connectivity index (χ0n) is 44.6. The quantitative estimate of drug-likeness (QED) is 0.0312. The van der Waals surface area contributed by atoms with E-state index in [0.717, 1.165) is 38.5 Å². The Morgan fingerprint density at radius 3 is 0.970 bits per heavy atom. The minimum absolute atomic E-state index is 0.0891. The number of carbonyl (C=O) groups excluding carboxylic acids is 2. The highest BCUT2D eigenvalue weighted by Crippen LogP contribution is 2.43. The summed E-state index contributed by atoms with van der Waals surface area (Å²) in [6.45, 7) is 3.65. The standard InChI is InChI=1S/C57H114NO8P/c1-3-5-7-9-11-13-15-17-19-21-23-25-27-29-31-33-35-37-39-41-43-45-47-49-56(60)58-51-52-65-67(62,63)66-54-55(59)53-64-57(61)50-48-46-44-42-40-38-36-34-32-30-28-26-24-22-20-18-16-14-12-10-8-6-4-2/h55,59H,3-54H2,1-2H3,(H,58,60)(H,62,63). The normalized spacial score (nSPS) is 13.0. The molecule has 0 spiro atoms. The molecular weight excluding hydrogens is 858 g/mol. The largest absolute Gasteiger partial charge is 0.472 e. The van der Waals surface area contributed by atoms with Gasteiger partial charge in [0, 0.05) is 19.4 Å². The summed E-state index contributed by atoms with van der Waals surface area (Å²) in [6, 6.07) is 0. The van der Waals surface area contributed by atoms with Crippen molar-refractivity contribution in [1.82, 2.24) is 5.32 Å². The third-order valence-corrected chi connectivity index (χ3v) is 14.5. The molecule has 0 aliphatic rings. The van der Waals surface area contributed by atoms with E-state index in [2.05, 4.69) is 19.2 Å². The molecule has 9 nitrogen and oxygen atoms in total. The Kier molecular flexibility index (Phi) is 53.5. The van der Waals surface area contributed by atoms with E-state index in [0.29, 0.717) is 12.8 Å². The molecule has 0 saturated carbocycles. The summed E-state index contributed by atoms with van der Waals surface area (Å²) in [5.41, 5.74) is 0. The van der Waals surface area contributed by atoms with Gasteiger partial charge in [0.15, 0.2) is 0 Å². The lowest BCUT2D eigenvalue weighted by atomic mass is 10.0. The van der Waals surface area contributed by atoms with Gasteiger partial charge in [0.2, 0.25) is 5.91 Å². The van der Waals surface area contributed by atoms with Crippen LogP contribution in [0.3, 0.4) is 0 Å². The molecule has 2 unspecified atom stereocenters. The van der Waals surface area contributed by atoms with Gasteiger partial charge in [-0.15, -0.1) is 0 Å². The number of phosphoric ester groups is 1. The van der Waals surface area contributed by atoms with Crippen LogP contribution in [0.5, 0.6) is 0 Å². The summed E-state index contributed by atoms with van der Waals surface area (Å²) < 4.78 is 27.1. The molecule has 0 radical (unpaired) electrons. The number of ether oxygens (including phenoxy) is 1. The summed E-state index contributed by atoms with van der Waals surface area (Å²) >= 11 is 0. The first kappa shape index (κ1) is 66.0. The van der Waals surface area contributed by atoms with Crippen LogP contribution in [0.25, 0.3) is 0 Å². The average molecular weight is 973 g/mol. The second kappa shape index (κ2) is 54.3. The van der Waals surface area contributed by atoms with Crippen molar-refractivity contribution >= 4 is 19.7 Å². The Labute approximate surface area is 416 Å². The second-order valence-corrected chi connectivity index (χ2v) is 21.8. The van der Waals surface area contributed by atoms with Crippen molar-refractivity contribution in [3.63, 3.8) is 0 Å². The maximum atomic E-state index is 12.2. The van der Waals surface area contributed by atoms with Crippen molar-refractivity contribution in [1.29, 1.82) is 0 Å². The number of rotatable bonds is 57. The molecular formula is C57H114NO8P. The van der Waals surface area contributed by atoms with Gasteiger partial charge < -0.3 is 20.1 Å². The lowest BCUT2D eigenvalue weighted by Crippen LogP contribution is -2.27. The van der Waals surface area contributed by atoms with Crippen molar-refractivity contribution in [3.05, 3.63) is 0 Å². The van der Waals surface area contributed by atoms with Gasteiger partial charge in [0.1, 0.15) is 12.7 Å². The number of aliphatic hydroxyl groups excluding tert-OH is 1. The van der Waals surface area contributed by atoms with Gasteiger partial charge in [-0.2, -0.15) is 0 Å². The van der Waals surface area contributed by atoms with Crippen molar-refractivity contribution in [2.75, 3.05) is 26.4 Å². The Hall–Kier alpha value is -0.990. The minimum Gasteiger partial charge on any atom is -0.463 e. The number of phosphoric acid groups is 1. The molecule has 1 amide bonds. The topological polar surface area (TPSA) is 131 Å². The number of nitrogens with one attached hydrogen (secondary N) is 1. The van der Waals surface area contributed by atoms with Crippen LogP contribution in [0.2, 0.25) is 0 Å². The van der Waals surface area contributed by atoms with Crippen molar-refractivity contribution in [2.24, 2.45) is 0 Å². The van der Waals surface area contributed by atoms with Crippen LogP contribution in [0.4, 0.5) is 0 Å². The second-order valence-electron chi connectivity index (χ2n) is 20.3. The maximum absolute atomic E-state index is 12.2.